The lowest BCUT2D eigenvalue weighted by molar-refractivity contribution is 0.0377. The van der Waals surface area contributed by atoms with Gasteiger partial charge in [-0.25, -0.2) is 0 Å². The standard InChI is InChI=1S/C20H23NO2/c1-20(16-21-14-8-9-15-21,23-18-12-6-3-7-13-18)19(22)17-10-4-2-5-11-17/h2-7,10-13H,8-9,14-16H2,1H3. The van der Waals surface area contributed by atoms with Crippen LogP contribution >= 0.6 is 0 Å². The maximum absolute atomic E-state index is 13.1. The van der Waals surface area contributed by atoms with Crippen LogP contribution in [0.4, 0.5) is 0 Å². The number of ether oxygens (including phenoxy) is 1. The average molecular weight is 309 g/mol. The van der Waals surface area contributed by atoms with Gasteiger partial charge in [0.05, 0.1) is 0 Å². The van der Waals surface area contributed by atoms with E-state index < -0.39 is 5.60 Å². The van der Waals surface area contributed by atoms with Gasteiger partial charge in [-0.2, -0.15) is 0 Å². The van der Waals surface area contributed by atoms with Crippen molar-refractivity contribution in [3.05, 3.63) is 66.2 Å². The van der Waals surface area contributed by atoms with Crippen molar-refractivity contribution in [3.8, 4) is 5.75 Å². The molecule has 1 saturated heterocycles. The molecule has 1 aliphatic rings. The Labute approximate surface area is 137 Å². The number of para-hydroxylation sites is 1. The van der Waals surface area contributed by atoms with Gasteiger partial charge in [0.2, 0.25) is 5.78 Å². The number of Topliss-reactive ketones (excluding diaryl/α,β-unsaturated/α-hetero) is 1. The summed E-state index contributed by atoms with van der Waals surface area (Å²) in [5, 5.41) is 0. The van der Waals surface area contributed by atoms with E-state index in [9.17, 15) is 4.79 Å². The molecule has 120 valence electrons. The average Bonchev–Trinajstić information content (AvgIpc) is 3.08. The SMILES string of the molecule is CC(CN1CCCC1)(Oc1ccccc1)C(=O)c1ccccc1. The molecule has 0 bridgehead atoms. The summed E-state index contributed by atoms with van der Waals surface area (Å²) < 4.78 is 6.19. The van der Waals surface area contributed by atoms with E-state index >= 15 is 0 Å². The number of benzene rings is 2. The van der Waals surface area contributed by atoms with E-state index in [4.69, 9.17) is 4.74 Å². The molecule has 0 saturated carbocycles. The Morgan fingerprint density at radius 1 is 1.00 bits per heavy atom. The molecule has 1 unspecified atom stereocenters. The lowest BCUT2D eigenvalue weighted by Crippen LogP contribution is -2.50. The van der Waals surface area contributed by atoms with Crippen molar-refractivity contribution in [1.29, 1.82) is 0 Å². The van der Waals surface area contributed by atoms with E-state index in [1.165, 1.54) is 12.8 Å². The molecule has 3 nitrogen and oxygen atoms in total. The molecule has 1 aliphatic heterocycles. The van der Waals surface area contributed by atoms with E-state index in [-0.39, 0.29) is 5.78 Å². The molecule has 2 aromatic rings. The lowest BCUT2D eigenvalue weighted by Gasteiger charge is -2.33. The molecule has 0 spiro atoms. The fourth-order valence-electron chi connectivity index (χ4n) is 3.16. The predicted octanol–water partition coefficient (Wildman–Crippen LogP) is 3.80. The number of likely N-dealkylation sites (tertiary alicyclic amines) is 1. The van der Waals surface area contributed by atoms with E-state index in [0.29, 0.717) is 12.1 Å². The number of rotatable bonds is 6. The molecule has 0 amide bonds. The number of nitrogens with zero attached hydrogens (tertiary/aromatic N) is 1. The first-order valence-electron chi connectivity index (χ1n) is 8.24. The molecule has 2 aromatic carbocycles. The molecule has 1 atom stereocenters. The third kappa shape index (κ3) is 3.80. The minimum Gasteiger partial charge on any atom is -0.478 e. The van der Waals surface area contributed by atoms with Gasteiger partial charge >= 0.3 is 0 Å². The topological polar surface area (TPSA) is 29.5 Å². The van der Waals surface area contributed by atoms with Gasteiger partial charge in [-0.05, 0) is 45.0 Å². The molecule has 3 heteroatoms. The monoisotopic (exact) mass is 309 g/mol. The second kappa shape index (κ2) is 6.97. The van der Waals surface area contributed by atoms with Crippen LogP contribution in [0.3, 0.4) is 0 Å². The molecular weight excluding hydrogens is 286 g/mol. The van der Waals surface area contributed by atoms with Crippen molar-refractivity contribution in [1.82, 2.24) is 4.90 Å². The van der Waals surface area contributed by atoms with Gasteiger partial charge in [0.25, 0.3) is 0 Å². The zero-order valence-corrected chi connectivity index (χ0v) is 13.6. The molecule has 0 N–H and O–H groups in total. The van der Waals surface area contributed by atoms with Crippen LogP contribution in [0.5, 0.6) is 5.75 Å². The molecule has 1 fully saturated rings. The van der Waals surface area contributed by atoms with Crippen LogP contribution in [0, 0.1) is 0 Å². The maximum Gasteiger partial charge on any atom is 0.207 e. The summed E-state index contributed by atoms with van der Waals surface area (Å²) in [6, 6.07) is 19.0. The van der Waals surface area contributed by atoms with Crippen molar-refractivity contribution in [3.63, 3.8) is 0 Å². The highest BCUT2D eigenvalue weighted by atomic mass is 16.5. The Morgan fingerprint density at radius 2 is 1.57 bits per heavy atom. The number of hydrogen-bond acceptors (Lipinski definition) is 3. The zero-order chi connectivity index (χ0) is 16.1. The molecule has 1 heterocycles. The lowest BCUT2D eigenvalue weighted by atomic mass is 9.93. The van der Waals surface area contributed by atoms with Gasteiger partial charge in [-0.15, -0.1) is 0 Å². The van der Waals surface area contributed by atoms with Crippen molar-refractivity contribution < 1.29 is 9.53 Å². The Bertz CT molecular complexity index is 635. The first-order valence-corrected chi connectivity index (χ1v) is 8.24. The molecule has 23 heavy (non-hydrogen) atoms. The second-order valence-corrected chi connectivity index (χ2v) is 6.32. The van der Waals surface area contributed by atoms with Gasteiger partial charge in [0, 0.05) is 12.1 Å². The van der Waals surface area contributed by atoms with E-state index in [1.54, 1.807) is 0 Å². The Kier molecular flexibility index (Phi) is 4.77. The van der Waals surface area contributed by atoms with Crippen LogP contribution in [-0.2, 0) is 0 Å². The summed E-state index contributed by atoms with van der Waals surface area (Å²) in [6.07, 6.45) is 2.39. The molecule has 0 aromatic heterocycles. The number of ketones is 1. The Morgan fingerprint density at radius 3 is 2.17 bits per heavy atom. The van der Waals surface area contributed by atoms with Gasteiger partial charge in [-0.1, -0.05) is 48.5 Å². The molecule has 0 radical (unpaired) electrons. The van der Waals surface area contributed by atoms with Crippen LogP contribution in [-0.4, -0.2) is 35.9 Å². The summed E-state index contributed by atoms with van der Waals surface area (Å²) >= 11 is 0. The minimum absolute atomic E-state index is 0.0360. The second-order valence-electron chi connectivity index (χ2n) is 6.32. The summed E-state index contributed by atoms with van der Waals surface area (Å²) in [6.45, 7) is 4.61. The van der Waals surface area contributed by atoms with Gasteiger partial charge < -0.3 is 4.74 Å². The highest BCUT2D eigenvalue weighted by Crippen LogP contribution is 2.25. The maximum atomic E-state index is 13.1. The summed E-state index contributed by atoms with van der Waals surface area (Å²) in [4.78, 5) is 15.4. The van der Waals surface area contributed by atoms with Crippen molar-refractivity contribution >= 4 is 5.78 Å². The van der Waals surface area contributed by atoms with Crippen molar-refractivity contribution in [2.45, 2.75) is 25.4 Å². The first-order chi connectivity index (χ1) is 11.2. The zero-order valence-electron chi connectivity index (χ0n) is 13.6. The Hall–Kier alpha value is -2.13. The summed E-state index contributed by atoms with van der Waals surface area (Å²) in [5.41, 5.74) is -0.183. The van der Waals surface area contributed by atoms with Crippen LogP contribution in [0.15, 0.2) is 60.7 Å². The largest absolute Gasteiger partial charge is 0.478 e. The van der Waals surface area contributed by atoms with Gasteiger partial charge in [0.15, 0.2) is 5.60 Å². The Balaban J connectivity index is 1.87. The summed E-state index contributed by atoms with van der Waals surface area (Å²) in [7, 11) is 0. The fourth-order valence-corrected chi connectivity index (χ4v) is 3.16. The van der Waals surface area contributed by atoms with Gasteiger partial charge in [0.1, 0.15) is 5.75 Å². The van der Waals surface area contributed by atoms with Crippen LogP contribution in [0.1, 0.15) is 30.1 Å². The molecule has 0 aliphatic carbocycles. The third-order valence-corrected chi connectivity index (χ3v) is 4.33. The van der Waals surface area contributed by atoms with Crippen molar-refractivity contribution in [2.75, 3.05) is 19.6 Å². The normalized spacial score (nSPS) is 17.6. The van der Waals surface area contributed by atoms with E-state index in [1.807, 2.05) is 67.6 Å². The number of carbonyl (C=O) groups is 1. The fraction of sp³-hybridized carbons (Fsp3) is 0.350. The summed E-state index contributed by atoms with van der Waals surface area (Å²) in [5.74, 6) is 0.771. The number of hydrogen-bond donors (Lipinski definition) is 0. The van der Waals surface area contributed by atoms with E-state index in [0.717, 1.165) is 18.8 Å². The van der Waals surface area contributed by atoms with Crippen LogP contribution < -0.4 is 4.74 Å². The third-order valence-electron chi connectivity index (χ3n) is 4.33. The van der Waals surface area contributed by atoms with Crippen LogP contribution in [0.25, 0.3) is 0 Å². The first kappa shape index (κ1) is 15.8. The minimum atomic E-state index is -0.882. The number of carbonyl (C=O) groups excluding carboxylic acids is 1. The predicted molar refractivity (Wildman–Crippen MR) is 91.9 cm³/mol. The van der Waals surface area contributed by atoms with Crippen LogP contribution in [0.2, 0.25) is 0 Å². The molecule has 3 rings (SSSR count). The smallest absolute Gasteiger partial charge is 0.207 e. The van der Waals surface area contributed by atoms with Crippen molar-refractivity contribution in [2.24, 2.45) is 0 Å². The van der Waals surface area contributed by atoms with E-state index in [2.05, 4.69) is 4.90 Å². The highest BCUT2D eigenvalue weighted by Gasteiger charge is 2.38. The highest BCUT2D eigenvalue weighted by molar-refractivity contribution is 6.02. The quantitative estimate of drug-likeness (QED) is 0.760. The van der Waals surface area contributed by atoms with Gasteiger partial charge in [-0.3, -0.25) is 9.69 Å². The molecular formula is C20H23NO2.